The first-order chi connectivity index (χ1) is 12.1. The van der Waals surface area contributed by atoms with Crippen LogP contribution in [0.1, 0.15) is 12.0 Å². The third-order valence-electron chi connectivity index (χ3n) is 3.81. The number of hydrogen-bond acceptors (Lipinski definition) is 4. The van der Waals surface area contributed by atoms with Crippen LogP contribution in [0.2, 0.25) is 0 Å². The van der Waals surface area contributed by atoms with Crippen molar-refractivity contribution in [3.8, 4) is 5.75 Å². The molecule has 0 heterocycles. The third kappa shape index (κ3) is 6.27. The van der Waals surface area contributed by atoms with Crippen molar-refractivity contribution in [1.82, 2.24) is 0 Å². The highest BCUT2D eigenvalue weighted by Crippen LogP contribution is 2.11. The van der Waals surface area contributed by atoms with E-state index >= 15 is 0 Å². The third-order valence-corrected chi connectivity index (χ3v) is 3.81. The molecule has 1 atom stereocenters. The molecule has 0 aliphatic rings. The second kappa shape index (κ2) is 9.44. The average Bonchev–Trinajstić information content (AvgIpc) is 2.62. The number of rotatable bonds is 9. The summed E-state index contributed by atoms with van der Waals surface area (Å²) in [5.74, 6) is -0.808. The molecule has 2 aromatic carbocycles. The molecule has 6 nitrogen and oxygen atoms in total. The van der Waals surface area contributed by atoms with Crippen molar-refractivity contribution < 1.29 is 24.7 Å². The number of carboxylic acid groups (broad SMARTS) is 1. The van der Waals surface area contributed by atoms with Gasteiger partial charge in [0.2, 0.25) is 5.91 Å². The van der Waals surface area contributed by atoms with Gasteiger partial charge in [-0.1, -0.05) is 30.3 Å². The van der Waals surface area contributed by atoms with Crippen LogP contribution in [-0.4, -0.2) is 31.6 Å². The maximum absolute atomic E-state index is 12.0. The number of carbonyl (C=O) groups is 2. The Kier molecular flexibility index (Phi) is 6.98. The summed E-state index contributed by atoms with van der Waals surface area (Å²) in [6.07, 6.45) is 0.550. The normalized spacial score (nSPS) is 11.6. The van der Waals surface area contributed by atoms with Gasteiger partial charge in [-0.05, 0) is 29.8 Å². The smallest absolute Gasteiger partial charge is 0.230 e. The van der Waals surface area contributed by atoms with Gasteiger partial charge < -0.3 is 25.3 Å². The van der Waals surface area contributed by atoms with Crippen LogP contribution in [0.3, 0.4) is 0 Å². The number of ether oxygens (including phenoxy) is 1. The molecule has 2 rings (SSSR count). The average molecular weight is 342 g/mol. The van der Waals surface area contributed by atoms with Crippen LogP contribution in [0.25, 0.3) is 0 Å². The minimum absolute atomic E-state index is 0.139. The van der Waals surface area contributed by atoms with Gasteiger partial charge in [0.25, 0.3) is 0 Å². The summed E-state index contributed by atoms with van der Waals surface area (Å²) in [6.45, 7) is 0.545. The minimum Gasteiger partial charge on any atom is -0.544 e. The summed E-state index contributed by atoms with van der Waals surface area (Å²) in [5, 5.41) is 15.6. The summed E-state index contributed by atoms with van der Waals surface area (Å²) < 4.78 is 5.10. The van der Waals surface area contributed by atoms with Gasteiger partial charge in [-0.25, -0.2) is 0 Å². The number of nitrogens with one attached hydrogen (secondary N) is 1. The number of amides is 1. The molecule has 6 heteroatoms. The quantitative estimate of drug-likeness (QED) is 0.668. The highest BCUT2D eigenvalue weighted by atomic mass is 16.5. The zero-order valence-electron chi connectivity index (χ0n) is 14.1. The molecular formula is C19H22N2O4. The number of aliphatic carboxylic acids is 1. The number of benzene rings is 2. The van der Waals surface area contributed by atoms with Gasteiger partial charge in [0.1, 0.15) is 11.8 Å². The van der Waals surface area contributed by atoms with Crippen LogP contribution in [-0.2, 0) is 16.0 Å². The fraction of sp³-hybridized carbons (Fsp3) is 0.263. The largest absolute Gasteiger partial charge is 0.544 e. The molecule has 0 radical (unpaired) electrons. The van der Waals surface area contributed by atoms with Gasteiger partial charge in [-0.2, -0.15) is 0 Å². The van der Waals surface area contributed by atoms with Crippen molar-refractivity contribution in [2.24, 2.45) is 0 Å². The Balaban J connectivity index is 1.81. The molecule has 0 spiro atoms. The molecule has 0 bridgehead atoms. The van der Waals surface area contributed by atoms with E-state index in [2.05, 4.69) is 5.32 Å². The Morgan fingerprint density at radius 3 is 2.40 bits per heavy atom. The molecule has 2 aromatic rings. The van der Waals surface area contributed by atoms with E-state index in [1.165, 1.54) is 0 Å². The lowest BCUT2D eigenvalue weighted by Gasteiger charge is -2.16. The highest BCUT2D eigenvalue weighted by molar-refractivity contribution is 5.93. The van der Waals surface area contributed by atoms with E-state index in [1.54, 1.807) is 36.7 Å². The fourth-order valence-electron chi connectivity index (χ4n) is 2.44. The summed E-state index contributed by atoms with van der Waals surface area (Å²) in [4.78, 5) is 23.3. The van der Waals surface area contributed by atoms with E-state index in [4.69, 9.17) is 4.74 Å². The Morgan fingerprint density at radius 2 is 1.80 bits per heavy atom. The predicted molar refractivity (Wildman–Crippen MR) is 92.0 cm³/mol. The van der Waals surface area contributed by atoms with Gasteiger partial charge in [0, 0.05) is 12.1 Å². The number of methoxy groups -OCH3 is 1. The molecule has 25 heavy (non-hydrogen) atoms. The lowest BCUT2D eigenvalue weighted by molar-refractivity contribution is -0.682. The Bertz CT molecular complexity index is 686. The predicted octanol–water partition coefficient (Wildman–Crippen LogP) is -0.0516. The molecule has 0 unspecified atom stereocenters. The molecule has 0 saturated carbocycles. The number of para-hydroxylation sites is 1. The Hall–Kier alpha value is -2.86. The first kappa shape index (κ1) is 18.5. The van der Waals surface area contributed by atoms with E-state index in [1.807, 2.05) is 30.3 Å². The number of quaternary nitrogens is 1. The SMILES string of the molecule is COc1ccc(CC[NH2+][C@@H](CC(=O)Nc2ccccc2)C(=O)[O-])cc1. The maximum Gasteiger partial charge on any atom is 0.230 e. The molecule has 132 valence electrons. The number of anilines is 1. The molecule has 1 amide bonds. The molecule has 0 aromatic heterocycles. The highest BCUT2D eigenvalue weighted by Gasteiger charge is 2.18. The van der Waals surface area contributed by atoms with Crippen molar-refractivity contribution in [3.63, 3.8) is 0 Å². The van der Waals surface area contributed by atoms with Gasteiger partial charge in [0.15, 0.2) is 0 Å². The van der Waals surface area contributed by atoms with E-state index in [-0.39, 0.29) is 12.3 Å². The number of carboxylic acids is 1. The van der Waals surface area contributed by atoms with Crippen molar-refractivity contribution >= 4 is 17.6 Å². The lowest BCUT2D eigenvalue weighted by atomic mass is 10.1. The van der Waals surface area contributed by atoms with Gasteiger partial charge >= 0.3 is 0 Å². The van der Waals surface area contributed by atoms with E-state index in [0.717, 1.165) is 11.3 Å². The standard InChI is InChI=1S/C19H22N2O4/c1-25-16-9-7-14(8-10-16)11-12-20-17(19(23)24)13-18(22)21-15-5-3-2-4-6-15/h2-10,17,20H,11-13H2,1H3,(H,21,22)(H,23,24)/t17-/m0/s1. The molecule has 0 aliphatic carbocycles. The first-order valence-electron chi connectivity index (χ1n) is 8.10. The van der Waals surface area contributed by atoms with Gasteiger partial charge in [-0.15, -0.1) is 0 Å². The Morgan fingerprint density at radius 1 is 1.12 bits per heavy atom. The minimum atomic E-state index is -1.24. The number of hydrogen-bond donors (Lipinski definition) is 2. The molecule has 0 saturated heterocycles. The number of carbonyl (C=O) groups excluding carboxylic acids is 2. The first-order valence-corrected chi connectivity index (χ1v) is 8.10. The zero-order valence-corrected chi connectivity index (χ0v) is 14.1. The molecule has 0 fully saturated rings. The van der Waals surface area contributed by atoms with Crippen molar-refractivity contribution in [1.29, 1.82) is 0 Å². The molecular weight excluding hydrogens is 320 g/mol. The van der Waals surface area contributed by atoms with Crippen molar-refractivity contribution in [2.75, 3.05) is 19.0 Å². The van der Waals surface area contributed by atoms with Crippen molar-refractivity contribution in [3.05, 3.63) is 60.2 Å². The maximum atomic E-state index is 12.0. The van der Waals surface area contributed by atoms with Crippen LogP contribution >= 0.6 is 0 Å². The summed E-state index contributed by atoms with van der Waals surface area (Å²) in [7, 11) is 1.60. The van der Waals surface area contributed by atoms with Gasteiger partial charge in [-0.3, -0.25) is 4.79 Å². The van der Waals surface area contributed by atoms with E-state index in [0.29, 0.717) is 18.7 Å². The second-order valence-electron chi connectivity index (χ2n) is 5.67. The van der Waals surface area contributed by atoms with Crippen LogP contribution in [0.4, 0.5) is 5.69 Å². The van der Waals surface area contributed by atoms with Crippen LogP contribution in [0.15, 0.2) is 54.6 Å². The molecule has 0 aliphatic heterocycles. The van der Waals surface area contributed by atoms with Crippen LogP contribution in [0.5, 0.6) is 5.75 Å². The zero-order chi connectivity index (χ0) is 18.1. The topological polar surface area (TPSA) is 95.1 Å². The van der Waals surface area contributed by atoms with Crippen LogP contribution < -0.4 is 20.5 Å². The Labute approximate surface area is 146 Å². The monoisotopic (exact) mass is 342 g/mol. The molecule has 3 N–H and O–H groups in total. The van der Waals surface area contributed by atoms with Crippen molar-refractivity contribution in [2.45, 2.75) is 18.9 Å². The van der Waals surface area contributed by atoms with Crippen LogP contribution in [0, 0.1) is 0 Å². The summed E-state index contributed by atoms with van der Waals surface area (Å²) >= 11 is 0. The second-order valence-corrected chi connectivity index (χ2v) is 5.67. The van der Waals surface area contributed by atoms with E-state index in [9.17, 15) is 14.7 Å². The number of nitrogens with two attached hydrogens (primary N) is 1. The lowest BCUT2D eigenvalue weighted by Crippen LogP contribution is -2.93. The fourth-order valence-corrected chi connectivity index (χ4v) is 2.44. The summed E-state index contributed by atoms with van der Waals surface area (Å²) in [6, 6.07) is 15.6. The van der Waals surface area contributed by atoms with Gasteiger partial charge in [0.05, 0.1) is 26.0 Å². The van der Waals surface area contributed by atoms with E-state index < -0.39 is 12.0 Å². The summed E-state index contributed by atoms with van der Waals surface area (Å²) in [5.41, 5.74) is 1.71.